The molecule has 0 aromatic heterocycles. The Kier molecular flexibility index (Phi) is 5.10. The highest BCUT2D eigenvalue weighted by molar-refractivity contribution is 5.75. The number of carbonyl (C=O) groups is 1. The minimum absolute atomic E-state index is 0.351. The summed E-state index contributed by atoms with van der Waals surface area (Å²) in [4.78, 5) is 10.7. The third-order valence-corrected chi connectivity index (χ3v) is 3.12. The highest BCUT2D eigenvalue weighted by atomic mass is 16.1. The van der Waals surface area contributed by atoms with E-state index in [4.69, 9.17) is 0 Å². The fourth-order valence-electron chi connectivity index (χ4n) is 2.28. The van der Waals surface area contributed by atoms with Crippen LogP contribution < -0.4 is 0 Å². The van der Waals surface area contributed by atoms with Gasteiger partial charge >= 0.3 is 0 Å². The molecule has 0 amide bonds. The topological polar surface area (TPSA) is 17.1 Å². The molecule has 1 aliphatic carbocycles. The molecular formula is C12H22O. The van der Waals surface area contributed by atoms with E-state index in [1.807, 2.05) is 0 Å². The lowest BCUT2D eigenvalue weighted by Gasteiger charge is -2.21. The molecule has 1 aliphatic rings. The van der Waals surface area contributed by atoms with Crippen molar-refractivity contribution >= 4 is 5.78 Å². The van der Waals surface area contributed by atoms with E-state index in [1.165, 1.54) is 44.9 Å². The van der Waals surface area contributed by atoms with Crippen LogP contribution in [0.3, 0.4) is 0 Å². The van der Waals surface area contributed by atoms with Gasteiger partial charge < -0.3 is 4.79 Å². The summed E-state index contributed by atoms with van der Waals surface area (Å²) in [5, 5.41) is 0. The first-order valence-electron chi connectivity index (χ1n) is 5.78. The third-order valence-electron chi connectivity index (χ3n) is 3.12. The van der Waals surface area contributed by atoms with Crippen LogP contribution in [0.2, 0.25) is 0 Å². The Morgan fingerprint density at radius 2 is 1.85 bits per heavy atom. The summed E-state index contributed by atoms with van der Waals surface area (Å²) in [6.45, 7) is 1.70. The Bertz CT molecular complexity index is 145. The molecule has 1 rings (SSSR count). The second kappa shape index (κ2) is 6.17. The molecule has 0 spiro atoms. The van der Waals surface area contributed by atoms with E-state index < -0.39 is 0 Å². The van der Waals surface area contributed by atoms with Gasteiger partial charge in [-0.1, -0.05) is 44.9 Å². The maximum absolute atomic E-state index is 10.7. The Morgan fingerprint density at radius 1 is 1.15 bits per heavy atom. The number of unbranched alkanes of at least 4 members (excludes halogenated alkanes) is 1. The molecule has 0 radical (unpaired) electrons. The number of ketones is 1. The van der Waals surface area contributed by atoms with Crippen LogP contribution in [0.25, 0.3) is 0 Å². The molecule has 0 N–H and O–H groups in total. The predicted octanol–water partition coefficient (Wildman–Crippen LogP) is 3.72. The van der Waals surface area contributed by atoms with Crippen molar-refractivity contribution in [2.24, 2.45) is 5.92 Å². The molecule has 0 aromatic carbocycles. The summed E-state index contributed by atoms with van der Waals surface area (Å²) in [6.07, 6.45) is 11.8. The molecule has 0 bridgehead atoms. The normalized spacial score (nSPS) is 18.8. The first-order chi connectivity index (χ1) is 6.29. The molecule has 13 heavy (non-hydrogen) atoms. The van der Waals surface area contributed by atoms with Gasteiger partial charge in [0, 0.05) is 6.42 Å². The van der Waals surface area contributed by atoms with E-state index >= 15 is 0 Å². The van der Waals surface area contributed by atoms with Crippen molar-refractivity contribution in [3.63, 3.8) is 0 Å². The molecule has 76 valence electrons. The number of carbonyl (C=O) groups excluding carboxylic acids is 1. The third kappa shape index (κ3) is 5.07. The molecule has 1 saturated carbocycles. The number of Topliss-reactive ketones (excluding diaryl/α,β-unsaturated/α-hetero) is 1. The van der Waals surface area contributed by atoms with E-state index in [9.17, 15) is 4.79 Å². The van der Waals surface area contributed by atoms with Gasteiger partial charge in [-0.25, -0.2) is 0 Å². The lowest BCUT2D eigenvalue weighted by molar-refractivity contribution is -0.117. The average molecular weight is 182 g/mol. The lowest BCUT2D eigenvalue weighted by Crippen LogP contribution is -2.06. The Labute approximate surface area is 81.9 Å². The smallest absolute Gasteiger partial charge is 0.129 e. The second-order valence-electron chi connectivity index (χ2n) is 4.45. The summed E-state index contributed by atoms with van der Waals surface area (Å²) in [5.41, 5.74) is 0. The fourth-order valence-corrected chi connectivity index (χ4v) is 2.28. The summed E-state index contributed by atoms with van der Waals surface area (Å²) in [5.74, 6) is 1.34. The Hall–Kier alpha value is -0.330. The van der Waals surface area contributed by atoms with Crippen LogP contribution >= 0.6 is 0 Å². The average Bonchev–Trinajstić information content (AvgIpc) is 2.14. The van der Waals surface area contributed by atoms with Crippen molar-refractivity contribution in [3.8, 4) is 0 Å². The summed E-state index contributed by atoms with van der Waals surface area (Å²) in [7, 11) is 0. The Morgan fingerprint density at radius 3 is 2.46 bits per heavy atom. The highest BCUT2D eigenvalue weighted by Crippen LogP contribution is 2.27. The second-order valence-corrected chi connectivity index (χ2v) is 4.45. The van der Waals surface area contributed by atoms with Gasteiger partial charge in [-0.3, -0.25) is 0 Å². The van der Waals surface area contributed by atoms with Crippen molar-refractivity contribution in [3.05, 3.63) is 0 Å². The van der Waals surface area contributed by atoms with E-state index in [2.05, 4.69) is 0 Å². The lowest BCUT2D eigenvalue weighted by atomic mass is 9.85. The molecule has 0 aromatic rings. The van der Waals surface area contributed by atoms with Crippen molar-refractivity contribution in [1.29, 1.82) is 0 Å². The molecule has 0 aliphatic heterocycles. The largest absolute Gasteiger partial charge is 0.300 e. The quantitative estimate of drug-likeness (QED) is 0.592. The van der Waals surface area contributed by atoms with Crippen LogP contribution in [0.1, 0.15) is 64.7 Å². The molecule has 0 atom stereocenters. The first-order valence-corrected chi connectivity index (χ1v) is 5.78. The van der Waals surface area contributed by atoms with Gasteiger partial charge in [0.25, 0.3) is 0 Å². The SMILES string of the molecule is CC(=O)CCCCC1CCCCC1. The molecule has 1 heteroatoms. The minimum atomic E-state index is 0.351. The number of hydrogen-bond acceptors (Lipinski definition) is 1. The monoisotopic (exact) mass is 182 g/mol. The van der Waals surface area contributed by atoms with Gasteiger partial charge in [0.05, 0.1) is 0 Å². The first kappa shape index (κ1) is 10.7. The molecule has 1 fully saturated rings. The van der Waals surface area contributed by atoms with Gasteiger partial charge in [-0.05, 0) is 19.3 Å². The fraction of sp³-hybridized carbons (Fsp3) is 0.917. The standard InChI is InChI=1S/C12H22O/c1-11(13)7-5-6-10-12-8-3-2-4-9-12/h12H,2-10H2,1H3. The van der Waals surface area contributed by atoms with Crippen molar-refractivity contribution < 1.29 is 4.79 Å². The van der Waals surface area contributed by atoms with Crippen LogP contribution in [0, 0.1) is 5.92 Å². The van der Waals surface area contributed by atoms with Gasteiger partial charge in [-0.2, -0.15) is 0 Å². The van der Waals surface area contributed by atoms with E-state index in [0.29, 0.717) is 5.78 Å². The van der Waals surface area contributed by atoms with E-state index in [0.717, 1.165) is 18.8 Å². The van der Waals surface area contributed by atoms with Crippen molar-refractivity contribution in [2.75, 3.05) is 0 Å². The molecule has 0 saturated heterocycles. The van der Waals surface area contributed by atoms with E-state index in [1.54, 1.807) is 6.92 Å². The molecule has 0 heterocycles. The van der Waals surface area contributed by atoms with Crippen LogP contribution in [-0.4, -0.2) is 5.78 Å². The zero-order valence-electron chi connectivity index (χ0n) is 8.85. The zero-order chi connectivity index (χ0) is 9.52. The molecule has 0 unspecified atom stereocenters. The molecule has 1 nitrogen and oxygen atoms in total. The van der Waals surface area contributed by atoms with Gasteiger partial charge in [0.2, 0.25) is 0 Å². The van der Waals surface area contributed by atoms with Crippen LogP contribution in [0.4, 0.5) is 0 Å². The van der Waals surface area contributed by atoms with Crippen LogP contribution in [-0.2, 0) is 4.79 Å². The van der Waals surface area contributed by atoms with Crippen molar-refractivity contribution in [1.82, 2.24) is 0 Å². The van der Waals surface area contributed by atoms with Crippen LogP contribution in [0.15, 0.2) is 0 Å². The van der Waals surface area contributed by atoms with Gasteiger partial charge in [0.1, 0.15) is 5.78 Å². The number of rotatable bonds is 5. The minimum Gasteiger partial charge on any atom is -0.300 e. The van der Waals surface area contributed by atoms with Gasteiger partial charge in [-0.15, -0.1) is 0 Å². The summed E-state index contributed by atoms with van der Waals surface area (Å²) >= 11 is 0. The van der Waals surface area contributed by atoms with E-state index in [-0.39, 0.29) is 0 Å². The maximum atomic E-state index is 10.7. The highest BCUT2D eigenvalue weighted by Gasteiger charge is 2.12. The number of hydrogen-bond donors (Lipinski definition) is 0. The maximum Gasteiger partial charge on any atom is 0.129 e. The molecular weight excluding hydrogens is 160 g/mol. The Balaban J connectivity index is 1.95. The predicted molar refractivity (Wildman–Crippen MR) is 55.7 cm³/mol. The van der Waals surface area contributed by atoms with Crippen molar-refractivity contribution in [2.45, 2.75) is 64.7 Å². The van der Waals surface area contributed by atoms with Crippen LogP contribution in [0.5, 0.6) is 0 Å². The summed E-state index contributed by atoms with van der Waals surface area (Å²) < 4.78 is 0. The van der Waals surface area contributed by atoms with Gasteiger partial charge in [0.15, 0.2) is 0 Å². The zero-order valence-corrected chi connectivity index (χ0v) is 8.85. The summed E-state index contributed by atoms with van der Waals surface area (Å²) in [6, 6.07) is 0.